The van der Waals surface area contributed by atoms with Crippen molar-refractivity contribution in [3.63, 3.8) is 0 Å². The van der Waals surface area contributed by atoms with Crippen LogP contribution in [-0.4, -0.2) is 23.9 Å². The monoisotopic (exact) mass is 403 g/mol. The molecule has 0 aliphatic carbocycles. The molecule has 0 unspecified atom stereocenters. The van der Waals surface area contributed by atoms with E-state index in [1.54, 1.807) is 0 Å². The van der Waals surface area contributed by atoms with Gasteiger partial charge in [-0.25, -0.2) is 0 Å². The summed E-state index contributed by atoms with van der Waals surface area (Å²) in [4.78, 5) is 12.7. The van der Waals surface area contributed by atoms with Crippen molar-refractivity contribution in [1.29, 1.82) is 0 Å². The topological polar surface area (TPSA) is 64.6 Å². The zero-order valence-corrected chi connectivity index (χ0v) is 17.9. The third-order valence-corrected chi connectivity index (χ3v) is 6.41. The van der Waals surface area contributed by atoms with Crippen LogP contribution in [0.1, 0.15) is 38.8 Å². The summed E-state index contributed by atoms with van der Waals surface area (Å²) in [5.41, 5.74) is 1.84. The minimum atomic E-state index is -3.60. The third-order valence-electron chi connectivity index (χ3n) is 3.90. The second-order valence-electron chi connectivity index (χ2n) is 7.28. The number of carbonyl (C=O) groups excluding carboxylic acids is 1. The molecule has 0 spiro atoms. The van der Waals surface area contributed by atoms with Crippen molar-refractivity contribution >= 4 is 13.5 Å². The Morgan fingerprint density at radius 1 is 0.857 bits per heavy atom. The highest BCUT2D eigenvalue weighted by Crippen LogP contribution is 2.55. The number of hydrogen-bond acceptors (Lipinski definition) is 4. The quantitative estimate of drug-likeness (QED) is 0.570. The van der Waals surface area contributed by atoms with E-state index in [-0.39, 0.29) is 24.5 Å². The highest BCUT2D eigenvalue weighted by Gasteiger charge is 2.39. The normalized spacial score (nSPS) is 12.9. The Balaban J connectivity index is 2.26. The predicted molar refractivity (Wildman–Crippen MR) is 112 cm³/mol. The van der Waals surface area contributed by atoms with Crippen LogP contribution in [-0.2, 0) is 31.2 Å². The van der Waals surface area contributed by atoms with Crippen LogP contribution in [0.5, 0.6) is 0 Å². The summed E-state index contributed by atoms with van der Waals surface area (Å²) in [6.45, 7) is 7.23. The van der Waals surface area contributed by atoms with E-state index in [0.717, 1.165) is 11.1 Å². The molecule has 0 aromatic heterocycles. The zero-order chi connectivity index (χ0) is 20.6. The van der Waals surface area contributed by atoms with E-state index in [0.29, 0.717) is 6.42 Å². The maximum atomic E-state index is 13.7. The van der Waals surface area contributed by atoms with E-state index in [4.69, 9.17) is 9.05 Å². The van der Waals surface area contributed by atoms with Gasteiger partial charge in [0, 0.05) is 6.42 Å². The van der Waals surface area contributed by atoms with Gasteiger partial charge in [-0.2, -0.15) is 0 Å². The molecular weight excluding hydrogens is 373 g/mol. The first kappa shape index (κ1) is 22.4. The van der Waals surface area contributed by atoms with Gasteiger partial charge in [0.25, 0.3) is 0 Å². The van der Waals surface area contributed by atoms with Crippen molar-refractivity contribution in [1.82, 2.24) is 5.32 Å². The Bertz CT molecular complexity index is 764. The lowest BCUT2D eigenvalue weighted by molar-refractivity contribution is -0.120. The van der Waals surface area contributed by atoms with Gasteiger partial charge in [-0.05, 0) is 38.8 Å². The summed E-state index contributed by atoms with van der Waals surface area (Å²) < 4.78 is 25.2. The standard InChI is InChI=1S/C22H30NO4P/c1-17(2)26-28(25,27-18(3)4)22(16-20-13-9-6-10-14-20)23-21(24)15-19-11-7-5-8-12-19/h5-14,17-18,22H,15-16H2,1-4H3,(H,23,24)/t22-/m1/s1. The van der Waals surface area contributed by atoms with Gasteiger partial charge < -0.3 is 14.4 Å². The van der Waals surface area contributed by atoms with Crippen molar-refractivity contribution < 1.29 is 18.4 Å². The first-order valence-corrected chi connectivity index (χ1v) is 11.2. The van der Waals surface area contributed by atoms with E-state index < -0.39 is 13.4 Å². The second-order valence-corrected chi connectivity index (χ2v) is 9.41. The van der Waals surface area contributed by atoms with E-state index in [1.807, 2.05) is 88.4 Å². The Morgan fingerprint density at radius 3 is 1.79 bits per heavy atom. The number of hydrogen-bond donors (Lipinski definition) is 1. The summed E-state index contributed by atoms with van der Waals surface area (Å²) in [5.74, 6) is -0.983. The lowest BCUT2D eigenvalue weighted by Gasteiger charge is -2.30. The van der Waals surface area contributed by atoms with E-state index in [9.17, 15) is 9.36 Å². The van der Waals surface area contributed by atoms with Crippen LogP contribution in [0, 0.1) is 0 Å². The predicted octanol–water partition coefficient (Wildman–Crippen LogP) is 4.96. The molecule has 2 rings (SSSR count). The van der Waals surface area contributed by atoms with Crippen molar-refractivity contribution in [2.75, 3.05) is 0 Å². The zero-order valence-electron chi connectivity index (χ0n) is 17.0. The summed E-state index contributed by atoms with van der Waals surface area (Å²) in [5, 5.41) is 2.91. The van der Waals surface area contributed by atoms with Gasteiger partial charge in [0.15, 0.2) is 0 Å². The molecule has 0 aliphatic heterocycles. The molecule has 0 fully saturated rings. The molecular formula is C22H30NO4P. The number of nitrogens with one attached hydrogen (secondary N) is 1. The molecule has 0 radical (unpaired) electrons. The van der Waals surface area contributed by atoms with Crippen molar-refractivity contribution in [3.05, 3.63) is 71.8 Å². The van der Waals surface area contributed by atoms with E-state index in [1.165, 1.54) is 0 Å². The fraction of sp³-hybridized carbons (Fsp3) is 0.409. The molecule has 5 nitrogen and oxygen atoms in total. The number of rotatable bonds is 10. The molecule has 2 aromatic rings. The number of amides is 1. The van der Waals surface area contributed by atoms with Gasteiger partial charge in [-0.3, -0.25) is 9.36 Å². The summed E-state index contributed by atoms with van der Waals surface area (Å²) >= 11 is 0. The Kier molecular flexibility index (Phi) is 8.43. The molecule has 6 heteroatoms. The van der Waals surface area contributed by atoms with Crippen molar-refractivity contribution in [2.45, 2.75) is 58.5 Å². The molecule has 0 heterocycles. The molecule has 2 aromatic carbocycles. The SMILES string of the molecule is CC(C)OP(=O)(OC(C)C)[C@H](Cc1ccccc1)NC(=O)Cc1ccccc1. The van der Waals surface area contributed by atoms with Gasteiger partial charge in [0.2, 0.25) is 5.91 Å². The second kappa shape index (κ2) is 10.6. The van der Waals surface area contributed by atoms with Crippen LogP contribution < -0.4 is 5.32 Å². The summed E-state index contributed by atoms with van der Waals surface area (Å²) in [6, 6.07) is 19.1. The average molecular weight is 403 g/mol. The molecule has 0 aliphatic rings. The van der Waals surface area contributed by atoms with Gasteiger partial charge in [-0.15, -0.1) is 0 Å². The van der Waals surface area contributed by atoms with E-state index in [2.05, 4.69) is 5.32 Å². The van der Waals surface area contributed by atoms with E-state index >= 15 is 0 Å². The Labute approximate surface area is 168 Å². The van der Waals surface area contributed by atoms with Crippen LogP contribution >= 0.6 is 7.60 Å². The maximum Gasteiger partial charge on any atom is 0.353 e. The molecule has 28 heavy (non-hydrogen) atoms. The van der Waals surface area contributed by atoms with Crippen LogP contribution in [0.3, 0.4) is 0 Å². The maximum absolute atomic E-state index is 13.7. The number of benzene rings is 2. The Morgan fingerprint density at radius 2 is 1.32 bits per heavy atom. The molecule has 152 valence electrons. The molecule has 1 amide bonds. The average Bonchev–Trinajstić information content (AvgIpc) is 2.61. The lowest BCUT2D eigenvalue weighted by Crippen LogP contribution is -2.39. The van der Waals surface area contributed by atoms with Crippen LogP contribution in [0.2, 0.25) is 0 Å². The fourth-order valence-corrected chi connectivity index (χ4v) is 5.11. The highest BCUT2D eigenvalue weighted by molar-refractivity contribution is 7.54. The summed E-state index contributed by atoms with van der Waals surface area (Å²) in [6.07, 6.45) is -0.0316. The molecule has 0 saturated carbocycles. The first-order chi connectivity index (χ1) is 13.3. The van der Waals surface area contributed by atoms with Crippen LogP contribution in [0.25, 0.3) is 0 Å². The van der Waals surface area contributed by atoms with Gasteiger partial charge in [-0.1, -0.05) is 60.7 Å². The van der Waals surface area contributed by atoms with Crippen LogP contribution in [0.4, 0.5) is 0 Å². The summed E-state index contributed by atoms with van der Waals surface area (Å²) in [7, 11) is -3.60. The molecule has 0 saturated heterocycles. The van der Waals surface area contributed by atoms with Gasteiger partial charge in [0.05, 0.1) is 18.6 Å². The van der Waals surface area contributed by atoms with Crippen LogP contribution in [0.15, 0.2) is 60.7 Å². The first-order valence-electron chi connectivity index (χ1n) is 9.62. The molecule has 1 N–H and O–H groups in total. The van der Waals surface area contributed by atoms with Gasteiger partial charge in [0.1, 0.15) is 5.78 Å². The largest absolute Gasteiger partial charge is 0.353 e. The minimum absolute atomic E-state index is 0.204. The lowest BCUT2D eigenvalue weighted by atomic mass is 10.1. The Hall–Kier alpha value is -1.94. The van der Waals surface area contributed by atoms with Crippen molar-refractivity contribution in [2.24, 2.45) is 0 Å². The minimum Gasteiger partial charge on any atom is -0.341 e. The molecule has 1 atom stereocenters. The molecule has 0 bridgehead atoms. The highest BCUT2D eigenvalue weighted by atomic mass is 31.2. The smallest absolute Gasteiger partial charge is 0.341 e. The number of carbonyl (C=O) groups is 1. The van der Waals surface area contributed by atoms with Crippen molar-refractivity contribution in [3.8, 4) is 0 Å². The fourth-order valence-electron chi connectivity index (χ4n) is 2.86. The third kappa shape index (κ3) is 7.23. The van der Waals surface area contributed by atoms with Gasteiger partial charge >= 0.3 is 7.60 Å².